The Morgan fingerprint density at radius 1 is 1.07 bits per heavy atom. The van der Waals surface area contributed by atoms with E-state index in [1.807, 2.05) is 0 Å². The van der Waals surface area contributed by atoms with Gasteiger partial charge in [0.1, 0.15) is 11.5 Å². The number of phenolic OH excluding ortho intramolecular Hbond substituents is 1. The molecular formula is C21H20O6. The van der Waals surface area contributed by atoms with Gasteiger partial charge in [0.05, 0.1) is 14.2 Å². The average molecular weight is 368 g/mol. The molecule has 0 amide bonds. The van der Waals surface area contributed by atoms with E-state index in [0.29, 0.717) is 16.9 Å². The number of ether oxygens (including phenoxy) is 2. The van der Waals surface area contributed by atoms with E-state index in [1.165, 1.54) is 44.6 Å². The number of carbonyl (C=O) groups is 1. The molecule has 2 rings (SSSR count). The number of methoxy groups -OCH3 is 2. The van der Waals surface area contributed by atoms with Gasteiger partial charge in [-0.2, -0.15) is 0 Å². The van der Waals surface area contributed by atoms with Crippen molar-refractivity contribution in [2.24, 2.45) is 0 Å². The van der Waals surface area contributed by atoms with Gasteiger partial charge >= 0.3 is 0 Å². The number of carbonyl (C=O) groups excluding carboxylic acids is 1. The van der Waals surface area contributed by atoms with Crippen LogP contribution in [0.1, 0.15) is 5.56 Å². The molecule has 1 aliphatic rings. The second kappa shape index (κ2) is 9.15. The molecule has 0 aromatic heterocycles. The summed E-state index contributed by atoms with van der Waals surface area (Å²) in [6, 6.07) is 4.74. The number of ketones is 1. The van der Waals surface area contributed by atoms with Gasteiger partial charge in [-0.05, 0) is 47.6 Å². The molecule has 140 valence electrons. The van der Waals surface area contributed by atoms with E-state index in [0.717, 1.165) is 0 Å². The van der Waals surface area contributed by atoms with Crippen LogP contribution in [-0.2, 0) is 9.53 Å². The Kier molecular flexibility index (Phi) is 6.66. The molecule has 0 fully saturated rings. The van der Waals surface area contributed by atoms with Crippen molar-refractivity contribution in [1.29, 1.82) is 0 Å². The summed E-state index contributed by atoms with van der Waals surface area (Å²) in [5, 5.41) is 29.3. The van der Waals surface area contributed by atoms with Crippen LogP contribution in [0.25, 0.3) is 6.08 Å². The molecule has 0 radical (unpaired) electrons. The van der Waals surface area contributed by atoms with Gasteiger partial charge in [-0.15, -0.1) is 0 Å². The molecule has 1 aromatic rings. The minimum Gasteiger partial charge on any atom is -0.508 e. The summed E-state index contributed by atoms with van der Waals surface area (Å²) in [5.41, 5.74) is 1.36. The minimum absolute atomic E-state index is 0.0205. The van der Waals surface area contributed by atoms with E-state index < -0.39 is 0 Å². The Bertz CT molecular complexity index is 897. The van der Waals surface area contributed by atoms with Crippen LogP contribution in [0.2, 0.25) is 0 Å². The fourth-order valence-electron chi connectivity index (χ4n) is 2.20. The normalized spacial score (nSPS) is 16.7. The Balaban J connectivity index is 2.10. The molecule has 0 unspecified atom stereocenters. The maximum Gasteiger partial charge on any atom is 0.220 e. The first kappa shape index (κ1) is 19.7. The highest BCUT2D eigenvalue weighted by Crippen LogP contribution is 2.26. The van der Waals surface area contributed by atoms with Crippen LogP contribution in [0.4, 0.5) is 0 Å². The summed E-state index contributed by atoms with van der Waals surface area (Å²) in [6.45, 7) is 0. The molecule has 0 saturated carbocycles. The van der Waals surface area contributed by atoms with Gasteiger partial charge in [0.25, 0.3) is 0 Å². The number of aliphatic hydroxyl groups excluding tert-OH is 2. The Hall–Kier alpha value is -3.67. The Morgan fingerprint density at radius 3 is 2.56 bits per heavy atom. The van der Waals surface area contributed by atoms with E-state index in [9.17, 15) is 20.1 Å². The number of hydrogen-bond donors (Lipinski definition) is 3. The molecule has 0 atom stereocenters. The lowest BCUT2D eigenvalue weighted by Gasteiger charge is -2.06. The van der Waals surface area contributed by atoms with E-state index in [-0.39, 0.29) is 28.8 Å². The van der Waals surface area contributed by atoms with Crippen molar-refractivity contribution in [1.82, 2.24) is 0 Å². The molecule has 1 aliphatic carbocycles. The lowest BCUT2D eigenvalue weighted by Crippen LogP contribution is -2.04. The van der Waals surface area contributed by atoms with E-state index in [2.05, 4.69) is 0 Å². The Morgan fingerprint density at radius 2 is 1.85 bits per heavy atom. The summed E-state index contributed by atoms with van der Waals surface area (Å²) in [6.07, 6.45) is 11.6. The van der Waals surface area contributed by atoms with E-state index >= 15 is 0 Å². The number of aromatic hydroxyl groups is 1. The predicted octanol–water partition coefficient (Wildman–Crippen LogP) is 3.89. The van der Waals surface area contributed by atoms with Crippen LogP contribution < -0.4 is 4.74 Å². The highest BCUT2D eigenvalue weighted by Gasteiger charge is 2.10. The lowest BCUT2D eigenvalue weighted by molar-refractivity contribution is -0.114. The topological polar surface area (TPSA) is 96.2 Å². The minimum atomic E-state index is -0.226. The van der Waals surface area contributed by atoms with Crippen molar-refractivity contribution >= 4 is 11.9 Å². The number of benzene rings is 1. The smallest absolute Gasteiger partial charge is 0.220 e. The van der Waals surface area contributed by atoms with Crippen molar-refractivity contribution in [2.75, 3.05) is 14.2 Å². The fourth-order valence-corrected chi connectivity index (χ4v) is 2.20. The number of aliphatic hydroxyl groups is 2. The maximum absolute atomic E-state index is 11.5. The summed E-state index contributed by atoms with van der Waals surface area (Å²) in [7, 11) is 2.85. The van der Waals surface area contributed by atoms with Crippen LogP contribution in [0, 0.1) is 0 Å². The van der Waals surface area contributed by atoms with Crippen LogP contribution in [0.5, 0.6) is 11.5 Å². The van der Waals surface area contributed by atoms with Gasteiger partial charge in [0.2, 0.25) is 5.78 Å². The van der Waals surface area contributed by atoms with E-state index in [4.69, 9.17) is 9.47 Å². The van der Waals surface area contributed by atoms with Crippen molar-refractivity contribution in [3.63, 3.8) is 0 Å². The zero-order valence-electron chi connectivity index (χ0n) is 14.9. The highest BCUT2D eigenvalue weighted by molar-refractivity contribution is 6.04. The Labute approximate surface area is 157 Å². The average Bonchev–Trinajstić information content (AvgIpc) is 2.66. The molecule has 6 nitrogen and oxygen atoms in total. The maximum atomic E-state index is 11.5. The standard InChI is InChI=1S/C21H20O6/c1-26-20-11-14(5-9-18(20)24)3-7-16(22)13-17(23)8-4-15-6-10-19(25)21(12-15)27-2/h3-13,22-24H,1-2H3/b7-3+,15-4+,16-13-,17-8-. The third kappa shape index (κ3) is 5.67. The predicted molar refractivity (Wildman–Crippen MR) is 102 cm³/mol. The molecule has 1 aromatic carbocycles. The van der Waals surface area contributed by atoms with Crippen molar-refractivity contribution in [3.05, 3.63) is 89.1 Å². The molecule has 27 heavy (non-hydrogen) atoms. The molecule has 0 heterocycles. The van der Waals surface area contributed by atoms with Crippen LogP contribution >= 0.6 is 0 Å². The number of phenols is 1. The number of hydrogen-bond acceptors (Lipinski definition) is 6. The van der Waals surface area contributed by atoms with Crippen LogP contribution in [0.3, 0.4) is 0 Å². The van der Waals surface area contributed by atoms with Gasteiger partial charge in [-0.1, -0.05) is 24.3 Å². The van der Waals surface area contributed by atoms with Gasteiger partial charge in [-0.3, -0.25) is 4.79 Å². The van der Waals surface area contributed by atoms with Gasteiger partial charge in [0, 0.05) is 6.08 Å². The van der Waals surface area contributed by atoms with Gasteiger partial charge in [-0.25, -0.2) is 0 Å². The second-order valence-corrected chi connectivity index (χ2v) is 5.50. The quantitative estimate of drug-likeness (QED) is 0.521. The summed E-state index contributed by atoms with van der Waals surface area (Å²) in [5.74, 6) is -0.0226. The first-order valence-electron chi connectivity index (χ1n) is 7.97. The molecule has 0 spiro atoms. The van der Waals surface area contributed by atoms with Gasteiger partial charge in [0.15, 0.2) is 17.3 Å². The van der Waals surface area contributed by atoms with Gasteiger partial charge < -0.3 is 24.8 Å². The monoisotopic (exact) mass is 368 g/mol. The second-order valence-electron chi connectivity index (χ2n) is 5.50. The van der Waals surface area contributed by atoms with E-state index in [1.54, 1.807) is 36.4 Å². The van der Waals surface area contributed by atoms with Crippen molar-refractivity contribution in [2.45, 2.75) is 0 Å². The largest absolute Gasteiger partial charge is 0.508 e. The van der Waals surface area contributed by atoms with Crippen LogP contribution in [-0.4, -0.2) is 35.3 Å². The molecule has 6 heteroatoms. The first-order valence-corrected chi connectivity index (χ1v) is 7.97. The van der Waals surface area contributed by atoms with Crippen molar-refractivity contribution in [3.8, 4) is 11.5 Å². The summed E-state index contributed by atoms with van der Waals surface area (Å²) < 4.78 is 9.97. The number of rotatable bonds is 6. The fraction of sp³-hybridized carbons (Fsp3) is 0.0952. The SMILES string of the molecule is COC1=C/C(=C/C=C(O)/C=C(O)/C=C/c2ccc(O)c(OC)c2)C=CC1=O. The molecule has 0 saturated heterocycles. The van der Waals surface area contributed by atoms with Crippen molar-refractivity contribution < 1.29 is 29.6 Å². The molecule has 0 aliphatic heterocycles. The van der Waals surface area contributed by atoms with Crippen LogP contribution in [0.15, 0.2) is 83.6 Å². The number of allylic oxidation sites excluding steroid dienone is 8. The zero-order chi connectivity index (χ0) is 19.8. The molecular weight excluding hydrogens is 348 g/mol. The summed E-state index contributed by atoms with van der Waals surface area (Å²) >= 11 is 0. The third-order valence-electron chi connectivity index (χ3n) is 3.58. The third-order valence-corrected chi connectivity index (χ3v) is 3.58. The summed E-state index contributed by atoms with van der Waals surface area (Å²) in [4.78, 5) is 11.5. The zero-order valence-corrected chi connectivity index (χ0v) is 14.9. The molecule has 3 N–H and O–H groups in total. The molecule has 0 bridgehead atoms. The highest BCUT2D eigenvalue weighted by atomic mass is 16.5. The lowest BCUT2D eigenvalue weighted by atomic mass is 10.1. The first-order chi connectivity index (χ1) is 12.9.